The zero-order valence-corrected chi connectivity index (χ0v) is 23.5. The Balaban J connectivity index is 1.21. The van der Waals surface area contributed by atoms with E-state index in [1.54, 1.807) is 11.4 Å². The average molecular weight is 610 g/mol. The number of carboxylic acids is 1. The van der Waals surface area contributed by atoms with Crippen molar-refractivity contribution in [1.82, 2.24) is 15.5 Å². The maximum atomic E-state index is 14.4. The molecule has 2 fully saturated rings. The number of benzene rings is 2. The number of rotatable bonds is 9. The molecule has 12 nitrogen and oxygen atoms in total. The Labute approximate surface area is 249 Å². The Kier molecular flexibility index (Phi) is 8.52. The zero-order chi connectivity index (χ0) is 30.7. The third-order valence-corrected chi connectivity index (χ3v) is 8.14. The van der Waals surface area contributed by atoms with Crippen LogP contribution in [0.3, 0.4) is 0 Å². The van der Waals surface area contributed by atoms with E-state index in [0.717, 1.165) is 10.9 Å². The van der Waals surface area contributed by atoms with Crippen LogP contribution in [0.4, 0.5) is 4.39 Å². The van der Waals surface area contributed by atoms with Gasteiger partial charge in [0, 0.05) is 33.4 Å². The lowest BCUT2D eigenvalue weighted by atomic mass is 10.0. The summed E-state index contributed by atoms with van der Waals surface area (Å²) in [6.45, 7) is 0.483. The van der Waals surface area contributed by atoms with Gasteiger partial charge in [-0.3, -0.25) is 19.8 Å². The van der Waals surface area contributed by atoms with Crippen LogP contribution in [0.15, 0.2) is 53.9 Å². The Morgan fingerprint density at radius 2 is 1.74 bits per heavy atom. The van der Waals surface area contributed by atoms with E-state index in [9.17, 15) is 23.6 Å². The fraction of sp³-hybridized carbons (Fsp3) is 0.276. The minimum absolute atomic E-state index is 0.0220. The van der Waals surface area contributed by atoms with E-state index in [1.807, 2.05) is 0 Å². The highest BCUT2D eigenvalue weighted by Crippen LogP contribution is 2.35. The minimum atomic E-state index is -1.24. The van der Waals surface area contributed by atoms with Crippen LogP contribution in [0.5, 0.6) is 0 Å². The van der Waals surface area contributed by atoms with Crippen molar-refractivity contribution in [1.29, 1.82) is 5.41 Å². The fourth-order valence-corrected chi connectivity index (χ4v) is 5.81. The lowest BCUT2D eigenvalue weighted by molar-refractivity contribution is -0.152. The van der Waals surface area contributed by atoms with Crippen molar-refractivity contribution in [2.45, 2.75) is 24.8 Å². The molecule has 2 aliphatic heterocycles. The number of halogens is 1. The van der Waals surface area contributed by atoms with Crippen molar-refractivity contribution >= 4 is 40.9 Å². The number of thiophene rings is 1. The molecule has 6 N–H and O–H groups in total. The molecule has 3 heterocycles. The number of nitrogens with two attached hydrogens (primary N) is 1. The summed E-state index contributed by atoms with van der Waals surface area (Å²) in [5, 5.41) is 23.7. The first-order valence-corrected chi connectivity index (χ1v) is 14.1. The molecule has 1 spiro atoms. The molecule has 0 aliphatic carbocycles. The summed E-state index contributed by atoms with van der Waals surface area (Å²) in [7, 11) is 0. The van der Waals surface area contributed by atoms with E-state index < -0.39 is 47.9 Å². The lowest BCUT2D eigenvalue weighted by Gasteiger charge is -2.24. The molecule has 3 aromatic rings. The number of likely N-dealkylation sites (tertiary alicyclic amines) is 1. The van der Waals surface area contributed by atoms with Crippen molar-refractivity contribution < 1.29 is 38.1 Å². The number of aromatic carboxylic acids is 1. The van der Waals surface area contributed by atoms with Crippen LogP contribution in [0.2, 0.25) is 0 Å². The van der Waals surface area contributed by atoms with Crippen molar-refractivity contribution in [2.24, 2.45) is 5.73 Å². The number of amidine groups is 1. The molecule has 0 radical (unpaired) electrons. The number of nitrogens with one attached hydrogen (secondary N) is 3. The summed E-state index contributed by atoms with van der Waals surface area (Å²) >= 11 is 1.35. The SMILES string of the molecule is N=C(N)c1csc(CNC(=O)[C@@H]2CC3(CN2C(=O)CNC(=O)c2ccc(-c4ccc(C(=O)O)cc4F)cc2)OCCO3)c1. The first-order chi connectivity index (χ1) is 20.5. The maximum Gasteiger partial charge on any atom is 0.335 e. The standard InChI is InChI=1S/C29H28FN5O7S/c30-22-10-18(28(39)40)5-6-21(22)16-1-3-17(4-2-16)26(37)34-13-24(36)35-15-29(41-7-8-42-29)11-23(35)27(38)33-12-20-9-19(14-43-20)25(31)32/h1-6,9-10,14,23H,7-8,11-13,15H2,(H3,31,32)(H,33,38)(H,34,37)(H,39,40)/t23-/m0/s1. The van der Waals surface area contributed by atoms with E-state index in [4.69, 9.17) is 25.7 Å². The van der Waals surface area contributed by atoms with Gasteiger partial charge in [0.05, 0.1) is 38.4 Å². The zero-order valence-electron chi connectivity index (χ0n) is 22.7. The molecular formula is C29H28FN5O7S. The van der Waals surface area contributed by atoms with Gasteiger partial charge >= 0.3 is 5.97 Å². The van der Waals surface area contributed by atoms with Gasteiger partial charge in [-0.25, -0.2) is 9.18 Å². The van der Waals surface area contributed by atoms with Crippen LogP contribution in [-0.2, 0) is 25.6 Å². The summed E-state index contributed by atoms with van der Waals surface area (Å²) in [5.74, 6) is -4.59. The molecule has 2 saturated heterocycles. The van der Waals surface area contributed by atoms with Crippen LogP contribution in [0.1, 0.15) is 37.6 Å². The van der Waals surface area contributed by atoms with E-state index in [0.29, 0.717) is 24.3 Å². The van der Waals surface area contributed by atoms with E-state index in [2.05, 4.69) is 10.6 Å². The van der Waals surface area contributed by atoms with Gasteiger partial charge in [-0.1, -0.05) is 18.2 Å². The molecule has 2 aromatic carbocycles. The Bertz CT molecular complexity index is 1590. The summed E-state index contributed by atoms with van der Waals surface area (Å²) in [4.78, 5) is 52.4. The van der Waals surface area contributed by atoms with Gasteiger partial charge in [-0.05, 0) is 35.9 Å². The van der Waals surface area contributed by atoms with Crippen LogP contribution in [0, 0.1) is 11.2 Å². The second-order valence-electron chi connectivity index (χ2n) is 10.0. The molecule has 1 atom stereocenters. The summed E-state index contributed by atoms with van der Waals surface area (Å²) in [6, 6.07) is 10.3. The van der Waals surface area contributed by atoms with Gasteiger partial charge in [-0.2, -0.15) is 0 Å². The fourth-order valence-electron chi connectivity index (χ4n) is 4.99. The van der Waals surface area contributed by atoms with Crippen LogP contribution in [0.25, 0.3) is 11.1 Å². The summed E-state index contributed by atoms with van der Waals surface area (Å²) < 4.78 is 25.9. The van der Waals surface area contributed by atoms with E-state index >= 15 is 0 Å². The summed E-state index contributed by atoms with van der Waals surface area (Å²) in [5.41, 5.74) is 6.72. The predicted octanol–water partition coefficient (Wildman–Crippen LogP) is 1.93. The molecule has 3 amide bonds. The molecule has 2 aliphatic rings. The Morgan fingerprint density at radius 3 is 2.37 bits per heavy atom. The highest BCUT2D eigenvalue weighted by atomic mass is 32.1. The molecule has 5 rings (SSSR count). The highest BCUT2D eigenvalue weighted by Gasteiger charge is 2.52. The van der Waals surface area contributed by atoms with Gasteiger partial charge in [0.15, 0.2) is 5.79 Å². The number of carboxylic acid groups (broad SMARTS) is 1. The first-order valence-electron chi connectivity index (χ1n) is 13.2. The van der Waals surface area contributed by atoms with E-state index in [-0.39, 0.29) is 42.0 Å². The second kappa shape index (κ2) is 12.3. The van der Waals surface area contributed by atoms with Crippen molar-refractivity contribution in [3.63, 3.8) is 0 Å². The number of ether oxygens (including phenoxy) is 2. The second-order valence-corrected chi connectivity index (χ2v) is 11.0. The molecular weight excluding hydrogens is 581 g/mol. The third-order valence-electron chi connectivity index (χ3n) is 7.20. The number of hydrogen-bond donors (Lipinski definition) is 5. The van der Waals surface area contributed by atoms with Gasteiger partial charge < -0.3 is 35.8 Å². The third kappa shape index (κ3) is 6.56. The van der Waals surface area contributed by atoms with Gasteiger partial charge in [0.1, 0.15) is 17.7 Å². The monoisotopic (exact) mass is 609 g/mol. The van der Waals surface area contributed by atoms with Crippen molar-refractivity contribution in [3.05, 3.63) is 81.3 Å². The van der Waals surface area contributed by atoms with Gasteiger partial charge in [0.25, 0.3) is 5.91 Å². The number of carbonyl (C=O) groups excluding carboxylic acids is 3. The maximum absolute atomic E-state index is 14.4. The van der Waals surface area contributed by atoms with Gasteiger partial charge in [-0.15, -0.1) is 11.3 Å². The Hall–Kier alpha value is -4.66. The van der Waals surface area contributed by atoms with E-state index in [1.165, 1.54) is 52.6 Å². The number of amides is 3. The van der Waals surface area contributed by atoms with Crippen molar-refractivity contribution in [3.8, 4) is 11.1 Å². The molecule has 0 saturated carbocycles. The number of hydrogen-bond acceptors (Lipinski definition) is 8. The first kappa shape index (κ1) is 29.8. The lowest BCUT2D eigenvalue weighted by Crippen LogP contribution is -2.49. The minimum Gasteiger partial charge on any atom is -0.478 e. The average Bonchev–Trinajstić information content (AvgIpc) is 3.75. The molecule has 0 unspecified atom stereocenters. The Morgan fingerprint density at radius 1 is 1.05 bits per heavy atom. The molecule has 224 valence electrons. The quantitative estimate of drug-likeness (QED) is 0.180. The number of nitrogen functional groups attached to an aromatic ring is 1. The number of carbonyl (C=O) groups is 4. The topological polar surface area (TPSA) is 184 Å². The van der Waals surface area contributed by atoms with Crippen molar-refractivity contribution in [2.75, 3.05) is 26.3 Å². The smallest absolute Gasteiger partial charge is 0.335 e. The van der Waals surface area contributed by atoms with Gasteiger partial charge in [0.2, 0.25) is 11.8 Å². The largest absolute Gasteiger partial charge is 0.478 e. The molecule has 14 heteroatoms. The van der Waals surface area contributed by atoms with Crippen LogP contribution >= 0.6 is 11.3 Å². The normalized spacial score (nSPS) is 17.1. The van der Waals surface area contributed by atoms with Crippen LogP contribution < -0.4 is 16.4 Å². The highest BCUT2D eigenvalue weighted by molar-refractivity contribution is 7.10. The van der Waals surface area contributed by atoms with Crippen LogP contribution in [-0.4, -0.2) is 77.7 Å². The molecule has 43 heavy (non-hydrogen) atoms. The molecule has 1 aromatic heterocycles. The summed E-state index contributed by atoms with van der Waals surface area (Å²) in [6.07, 6.45) is 0.132. The molecule has 0 bridgehead atoms. The predicted molar refractivity (Wildman–Crippen MR) is 153 cm³/mol. The number of nitrogens with zero attached hydrogens (tertiary/aromatic N) is 1.